The lowest BCUT2D eigenvalue weighted by molar-refractivity contribution is 0.290. The van der Waals surface area contributed by atoms with Crippen molar-refractivity contribution in [1.29, 1.82) is 0 Å². The number of likely N-dealkylation sites (tertiary alicyclic amines) is 1. The molecule has 0 saturated carbocycles. The summed E-state index contributed by atoms with van der Waals surface area (Å²) in [5, 5.41) is 0. The molecule has 1 aliphatic heterocycles. The number of hydrogen-bond acceptors (Lipinski definition) is 3. The van der Waals surface area contributed by atoms with Crippen LogP contribution in [0.3, 0.4) is 0 Å². The Kier molecular flexibility index (Phi) is 5.11. The topological polar surface area (TPSA) is 29.0 Å². The van der Waals surface area contributed by atoms with Crippen molar-refractivity contribution in [2.24, 2.45) is 0 Å². The van der Waals surface area contributed by atoms with Gasteiger partial charge in [0, 0.05) is 31.4 Å². The largest absolute Gasteiger partial charge is 0.303 e. The van der Waals surface area contributed by atoms with Crippen LogP contribution in [0.1, 0.15) is 55.5 Å². The van der Waals surface area contributed by atoms with Crippen LogP contribution in [0.25, 0.3) is 5.57 Å². The number of benzene rings is 1. The summed E-state index contributed by atoms with van der Waals surface area (Å²) < 4.78 is 13.0. The summed E-state index contributed by atoms with van der Waals surface area (Å²) in [7, 11) is 0. The smallest absolute Gasteiger partial charge is 0.123 e. The van der Waals surface area contributed by atoms with Crippen LogP contribution in [0.5, 0.6) is 0 Å². The molecule has 26 heavy (non-hydrogen) atoms. The molecule has 0 spiro atoms. The molecule has 1 unspecified atom stereocenters. The molecule has 4 heteroatoms. The summed E-state index contributed by atoms with van der Waals surface area (Å²) >= 11 is 0. The minimum Gasteiger partial charge on any atom is -0.303 e. The number of rotatable bonds is 3. The van der Waals surface area contributed by atoms with Crippen LogP contribution in [0.15, 0.2) is 42.2 Å². The Balaban J connectivity index is 1.42. The Morgan fingerprint density at radius 1 is 1.08 bits per heavy atom. The maximum atomic E-state index is 13.0. The molecule has 2 aromatic rings. The molecular weight excluding hydrogens is 325 g/mol. The fraction of sp³-hybridized carbons (Fsp3) is 0.455. The van der Waals surface area contributed by atoms with Gasteiger partial charge in [0.1, 0.15) is 5.82 Å². The molecule has 1 atom stereocenters. The second-order valence-electron chi connectivity index (χ2n) is 7.55. The lowest BCUT2D eigenvalue weighted by Crippen LogP contribution is -2.27. The number of nitrogens with zero attached hydrogens (tertiary/aromatic N) is 3. The second-order valence-corrected chi connectivity index (χ2v) is 7.55. The van der Waals surface area contributed by atoms with E-state index in [0.717, 1.165) is 44.6 Å². The number of hydrogen-bond donors (Lipinski definition) is 0. The van der Waals surface area contributed by atoms with E-state index >= 15 is 0 Å². The molecule has 0 radical (unpaired) electrons. The Labute approximate surface area is 155 Å². The number of aromatic nitrogens is 2. The molecule has 136 valence electrons. The number of allylic oxidation sites excluding steroid dienone is 1. The molecule has 1 aromatic carbocycles. The van der Waals surface area contributed by atoms with Gasteiger partial charge >= 0.3 is 0 Å². The molecule has 3 nitrogen and oxygen atoms in total. The first kappa shape index (κ1) is 17.3. The van der Waals surface area contributed by atoms with Gasteiger partial charge in [-0.2, -0.15) is 0 Å². The Morgan fingerprint density at radius 2 is 1.88 bits per heavy atom. The highest BCUT2D eigenvalue weighted by molar-refractivity contribution is 5.72. The first-order valence-corrected chi connectivity index (χ1v) is 9.69. The minimum absolute atomic E-state index is 0.158. The lowest BCUT2D eigenvalue weighted by atomic mass is 9.98. The van der Waals surface area contributed by atoms with Gasteiger partial charge in [0.05, 0.1) is 11.4 Å². The van der Waals surface area contributed by atoms with E-state index < -0.39 is 0 Å². The van der Waals surface area contributed by atoms with Gasteiger partial charge in [-0.05, 0) is 61.9 Å². The number of halogens is 1. The molecule has 0 bridgehead atoms. The second kappa shape index (κ2) is 7.67. The van der Waals surface area contributed by atoms with Crippen LogP contribution < -0.4 is 0 Å². The van der Waals surface area contributed by atoms with Gasteiger partial charge in [-0.1, -0.05) is 24.6 Å². The van der Waals surface area contributed by atoms with Crippen molar-refractivity contribution < 1.29 is 4.39 Å². The minimum atomic E-state index is -0.158. The van der Waals surface area contributed by atoms with E-state index in [4.69, 9.17) is 0 Å². The fourth-order valence-corrected chi connectivity index (χ4v) is 4.26. The van der Waals surface area contributed by atoms with Gasteiger partial charge < -0.3 is 4.90 Å². The summed E-state index contributed by atoms with van der Waals surface area (Å²) in [6, 6.07) is 6.91. The Morgan fingerprint density at radius 3 is 2.73 bits per heavy atom. The molecule has 0 N–H and O–H groups in total. The van der Waals surface area contributed by atoms with E-state index in [1.165, 1.54) is 29.7 Å². The first-order valence-electron chi connectivity index (χ1n) is 9.69. The third-order valence-corrected chi connectivity index (χ3v) is 5.73. The van der Waals surface area contributed by atoms with Gasteiger partial charge in [0.2, 0.25) is 0 Å². The highest BCUT2D eigenvalue weighted by Crippen LogP contribution is 2.41. The molecular formula is C22H26FN3. The van der Waals surface area contributed by atoms with Crippen LogP contribution in [-0.4, -0.2) is 34.5 Å². The monoisotopic (exact) mass is 351 g/mol. The van der Waals surface area contributed by atoms with E-state index in [0.29, 0.717) is 5.92 Å². The quantitative estimate of drug-likeness (QED) is 0.809. The van der Waals surface area contributed by atoms with E-state index in [-0.39, 0.29) is 5.82 Å². The van der Waals surface area contributed by atoms with E-state index in [1.54, 1.807) is 17.7 Å². The van der Waals surface area contributed by atoms with Crippen LogP contribution in [0, 0.1) is 5.82 Å². The summed E-state index contributed by atoms with van der Waals surface area (Å²) in [6.45, 7) is 5.54. The predicted molar refractivity (Wildman–Crippen MR) is 102 cm³/mol. The zero-order valence-corrected chi connectivity index (χ0v) is 15.4. The van der Waals surface area contributed by atoms with Crippen LogP contribution in [-0.2, 0) is 6.42 Å². The Hall–Kier alpha value is -2.07. The summed E-state index contributed by atoms with van der Waals surface area (Å²) in [6.07, 6.45) is 9.21. The van der Waals surface area contributed by atoms with Crippen molar-refractivity contribution in [3.05, 3.63) is 65.0 Å². The van der Waals surface area contributed by atoms with Crippen LogP contribution >= 0.6 is 0 Å². The molecule has 1 aliphatic carbocycles. The fourth-order valence-electron chi connectivity index (χ4n) is 4.26. The normalized spacial score (nSPS) is 23.7. The van der Waals surface area contributed by atoms with Crippen molar-refractivity contribution in [2.45, 2.75) is 44.9 Å². The van der Waals surface area contributed by atoms with Gasteiger partial charge in [0.25, 0.3) is 0 Å². The van der Waals surface area contributed by atoms with E-state index in [2.05, 4.69) is 21.8 Å². The van der Waals surface area contributed by atoms with Crippen molar-refractivity contribution in [3.8, 4) is 0 Å². The molecule has 1 fully saturated rings. The molecule has 0 amide bonds. The maximum Gasteiger partial charge on any atom is 0.123 e. The Bertz CT molecular complexity index is 797. The molecule has 2 heterocycles. The van der Waals surface area contributed by atoms with Gasteiger partial charge in [-0.25, -0.2) is 4.39 Å². The summed E-state index contributed by atoms with van der Waals surface area (Å²) in [5.74, 6) is 0.327. The highest BCUT2D eigenvalue weighted by Gasteiger charge is 2.28. The van der Waals surface area contributed by atoms with Crippen molar-refractivity contribution in [2.75, 3.05) is 19.6 Å². The average Bonchev–Trinajstić information content (AvgIpc) is 2.84. The summed E-state index contributed by atoms with van der Waals surface area (Å²) in [4.78, 5) is 11.7. The van der Waals surface area contributed by atoms with E-state index in [9.17, 15) is 4.39 Å². The van der Waals surface area contributed by atoms with Gasteiger partial charge in [-0.3, -0.25) is 9.97 Å². The average molecular weight is 351 g/mol. The molecule has 1 aromatic heterocycles. The summed E-state index contributed by atoms with van der Waals surface area (Å²) in [5.41, 5.74) is 6.58. The molecule has 1 saturated heterocycles. The molecule has 4 rings (SSSR count). The van der Waals surface area contributed by atoms with Crippen LogP contribution in [0.4, 0.5) is 4.39 Å². The SMILES string of the molecule is CC1C/C(=C2/CCCN(CCc3ccc(F)cc3)CC2)c2nccnc21. The first-order chi connectivity index (χ1) is 12.7. The van der Waals surface area contributed by atoms with Crippen molar-refractivity contribution in [3.63, 3.8) is 0 Å². The zero-order valence-electron chi connectivity index (χ0n) is 15.4. The maximum absolute atomic E-state index is 13.0. The lowest BCUT2D eigenvalue weighted by Gasteiger charge is -2.19. The number of fused-ring (bicyclic) bond motifs is 1. The van der Waals surface area contributed by atoms with Gasteiger partial charge in [0.15, 0.2) is 0 Å². The van der Waals surface area contributed by atoms with Gasteiger partial charge in [-0.15, -0.1) is 0 Å². The third kappa shape index (κ3) is 3.70. The van der Waals surface area contributed by atoms with Crippen molar-refractivity contribution in [1.82, 2.24) is 14.9 Å². The third-order valence-electron chi connectivity index (χ3n) is 5.73. The van der Waals surface area contributed by atoms with E-state index in [1.807, 2.05) is 24.5 Å². The van der Waals surface area contributed by atoms with Crippen LogP contribution in [0.2, 0.25) is 0 Å². The predicted octanol–water partition coefficient (Wildman–Crippen LogP) is 4.61. The zero-order chi connectivity index (χ0) is 17.9. The van der Waals surface area contributed by atoms with Crippen molar-refractivity contribution >= 4 is 5.57 Å². The standard InChI is InChI=1S/C22H26FN3/c1-16-15-20(22-21(16)24-10-11-25-22)18-3-2-12-26(14-9-18)13-8-17-4-6-19(23)7-5-17/h4-7,10-11,16H,2-3,8-9,12-15H2,1H3/b20-18+. The molecule has 2 aliphatic rings. The highest BCUT2D eigenvalue weighted by atomic mass is 19.1.